The summed E-state index contributed by atoms with van der Waals surface area (Å²) in [7, 11) is -1.84. The molecule has 2 unspecified atom stereocenters. The maximum atomic E-state index is 12.6. The van der Waals surface area contributed by atoms with Crippen molar-refractivity contribution < 1.29 is 13.5 Å². The molecule has 0 spiro atoms. The number of sulfonamides is 1. The van der Waals surface area contributed by atoms with Crippen LogP contribution in [0.15, 0.2) is 17.3 Å². The van der Waals surface area contributed by atoms with Gasteiger partial charge < -0.3 is 5.11 Å². The molecule has 0 aromatic carbocycles. The second-order valence-corrected chi connectivity index (χ2v) is 7.61. The average Bonchev–Trinajstić information content (AvgIpc) is 2.87. The molecule has 0 bridgehead atoms. The summed E-state index contributed by atoms with van der Waals surface area (Å²) in [5, 5.41) is 12.8. The quantitative estimate of drug-likeness (QED) is 0.883. The van der Waals surface area contributed by atoms with Crippen molar-refractivity contribution in [2.45, 2.75) is 50.1 Å². The third kappa shape index (κ3) is 3.21. The Morgan fingerprint density at radius 1 is 1.50 bits per heavy atom. The molecule has 1 aliphatic carbocycles. The van der Waals surface area contributed by atoms with Gasteiger partial charge in [0.05, 0.1) is 19.3 Å². The van der Waals surface area contributed by atoms with Gasteiger partial charge in [-0.15, -0.1) is 0 Å². The second kappa shape index (κ2) is 6.24. The summed E-state index contributed by atoms with van der Waals surface area (Å²) in [6.07, 6.45) is 6.93. The van der Waals surface area contributed by atoms with Crippen LogP contribution >= 0.6 is 0 Å². The highest BCUT2D eigenvalue weighted by Crippen LogP contribution is 2.29. The lowest BCUT2D eigenvalue weighted by molar-refractivity contribution is 0.239. The van der Waals surface area contributed by atoms with Crippen molar-refractivity contribution in [3.63, 3.8) is 0 Å². The molecule has 0 radical (unpaired) electrons. The van der Waals surface area contributed by atoms with Crippen LogP contribution in [0.1, 0.15) is 32.6 Å². The van der Waals surface area contributed by atoms with Crippen LogP contribution in [0.25, 0.3) is 0 Å². The van der Waals surface area contributed by atoms with Crippen LogP contribution in [0.4, 0.5) is 0 Å². The van der Waals surface area contributed by atoms with Gasteiger partial charge in [-0.3, -0.25) is 4.68 Å². The number of hydrogen-bond acceptors (Lipinski definition) is 4. The molecule has 20 heavy (non-hydrogen) atoms. The van der Waals surface area contributed by atoms with Gasteiger partial charge >= 0.3 is 0 Å². The third-order valence-electron chi connectivity index (χ3n) is 4.04. The predicted molar refractivity (Wildman–Crippen MR) is 75.7 cm³/mol. The van der Waals surface area contributed by atoms with E-state index >= 15 is 0 Å². The molecule has 0 saturated heterocycles. The van der Waals surface area contributed by atoms with Crippen LogP contribution in [-0.4, -0.2) is 47.3 Å². The van der Waals surface area contributed by atoms with Gasteiger partial charge in [0.1, 0.15) is 4.90 Å². The molecule has 1 aromatic rings. The van der Waals surface area contributed by atoms with E-state index in [9.17, 15) is 8.42 Å². The summed E-state index contributed by atoms with van der Waals surface area (Å²) in [5.74, 6) is 0.573. The molecule has 114 valence electrons. The summed E-state index contributed by atoms with van der Waals surface area (Å²) in [4.78, 5) is 0.201. The molecule has 1 N–H and O–H groups in total. The average molecular weight is 301 g/mol. The predicted octanol–water partition coefficient (Wildman–Crippen LogP) is 1.07. The molecule has 1 saturated carbocycles. The Labute approximate surface area is 120 Å². The van der Waals surface area contributed by atoms with E-state index in [4.69, 9.17) is 5.11 Å². The van der Waals surface area contributed by atoms with Crippen LogP contribution in [0.5, 0.6) is 0 Å². The molecule has 7 heteroatoms. The number of aliphatic hydroxyl groups is 1. The summed E-state index contributed by atoms with van der Waals surface area (Å²) >= 11 is 0. The lowest BCUT2D eigenvalue weighted by atomic mass is 9.87. The van der Waals surface area contributed by atoms with E-state index in [0.717, 1.165) is 19.3 Å². The highest BCUT2D eigenvalue weighted by Gasteiger charge is 2.31. The monoisotopic (exact) mass is 301 g/mol. The summed E-state index contributed by atoms with van der Waals surface area (Å²) in [6, 6.07) is 0.0740. The number of aliphatic hydroxyl groups excluding tert-OH is 1. The minimum absolute atomic E-state index is 0.0584. The van der Waals surface area contributed by atoms with Crippen molar-refractivity contribution in [2.75, 3.05) is 13.7 Å². The molecule has 1 aromatic heterocycles. The number of aromatic nitrogens is 2. The number of hydrogen-bond donors (Lipinski definition) is 1. The normalized spacial score (nSPS) is 24.2. The van der Waals surface area contributed by atoms with Gasteiger partial charge in [-0.2, -0.15) is 9.40 Å². The Morgan fingerprint density at radius 3 is 2.90 bits per heavy atom. The van der Waals surface area contributed by atoms with Gasteiger partial charge in [-0.1, -0.05) is 19.8 Å². The fourth-order valence-electron chi connectivity index (χ4n) is 2.80. The first-order chi connectivity index (χ1) is 9.45. The maximum absolute atomic E-state index is 12.6. The summed E-state index contributed by atoms with van der Waals surface area (Å²) in [6.45, 7) is 2.42. The van der Waals surface area contributed by atoms with Crippen molar-refractivity contribution in [2.24, 2.45) is 5.92 Å². The first kappa shape index (κ1) is 15.5. The molecule has 1 aliphatic rings. The molecule has 6 nitrogen and oxygen atoms in total. The Morgan fingerprint density at radius 2 is 2.25 bits per heavy atom. The molecular weight excluding hydrogens is 278 g/mol. The van der Waals surface area contributed by atoms with Gasteiger partial charge in [0.25, 0.3) is 0 Å². The lowest BCUT2D eigenvalue weighted by Gasteiger charge is -2.33. The van der Waals surface area contributed by atoms with E-state index in [0.29, 0.717) is 12.5 Å². The van der Waals surface area contributed by atoms with Crippen molar-refractivity contribution in [3.05, 3.63) is 12.4 Å². The molecule has 2 rings (SSSR count). The van der Waals surface area contributed by atoms with E-state index in [1.165, 1.54) is 27.8 Å². The SMILES string of the molecule is CC1CCCC(N(C)S(=O)(=O)c2cnn(CCO)c2)C1. The number of rotatable bonds is 5. The van der Waals surface area contributed by atoms with Crippen molar-refractivity contribution in [1.29, 1.82) is 0 Å². The van der Waals surface area contributed by atoms with Crippen molar-refractivity contribution in [3.8, 4) is 0 Å². The Balaban J connectivity index is 2.15. The van der Waals surface area contributed by atoms with Crippen molar-refractivity contribution in [1.82, 2.24) is 14.1 Å². The topological polar surface area (TPSA) is 75.4 Å². The molecule has 2 atom stereocenters. The zero-order valence-corrected chi connectivity index (χ0v) is 12.9. The Kier molecular flexibility index (Phi) is 4.82. The van der Waals surface area contributed by atoms with Gasteiger partial charge in [-0.25, -0.2) is 8.42 Å². The van der Waals surface area contributed by atoms with Gasteiger partial charge in [0, 0.05) is 19.3 Å². The Bertz CT molecular complexity index is 541. The van der Waals surface area contributed by atoms with Gasteiger partial charge in [-0.05, 0) is 18.8 Å². The van der Waals surface area contributed by atoms with E-state index < -0.39 is 10.0 Å². The van der Waals surface area contributed by atoms with Crippen molar-refractivity contribution >= 4 is 10.0 Å². The van der Waals surface area contributed by atoms with Crippen LogP contribution in [0.3, 0.4) is 0 Å². The first-order valence-electron chi connectivity index (χ1n) is 7.06. The fraction of sp³-hybridized carbons (Fsp3) is 0.769. The standard InChI is InChI=1S/C13H23N3O3S/c1-11-4-3-5-12(8-11)15(2)20(18,19)13-9-14-16(10-13)6-7-17/h9-12,17H,3-8H2,1-2H3. The zero-order valence-electron chi connectivity index (χ0n) is 12.1. The van der Waals surface area contributed by atoms with Crippen LogP contribution in [0.2, 0.25) is 0 Å². The molecule has 1 heterocycles. The van der Waals surface area contributed by atoms with Crippen LogP contribution in [0, 0.1) is 5.92 Å². The maximum Gasteiger partial charge on any atom is 0.246 e. The lowest BCUT2D eigenvalue weighted by Crippen LogP contribution is -2.39. The minimum atomic E-state index is -3.49. The van der Waals surface area contributed by atoms with E-state index in [2.05, 4.69) is 12.0 Å². The molecular formula is C13H23N3O3S. The van der Waals surface area contributed by atoms with Crippen LogP contribution < -0.4 is 0 Å². The minimum Gasteiger partial charge on any atom is -0.394 e. The zero-order chi connectivity index (χ0) is 14.8. The van der Waals surface area contributed by atoms with E-state index in [1.54, 1.807) is 7.05 Å². The first-order valence-corrected chi connectivity index (χ1v) is 8.50. The van der Waals surface area contributed by atoms with E-state index in [-0.39, 0.29) is 17.5 Å². The second-order valence-electron chi connectivity index (χ2n) is 5.61. The summed E-state index contributed by atoms with van der Waals surface area (Å²) in [5.41, 5.74) is 0. The molecule has 0 amide bonds. The van der Waals surface area contributed by atoms with Crippen LogP contribution in [-0.2, 0) is 16.6 Å². The number of nitrogens with zero attached hydrogens (tertiary/aromatic N) is 3. The largest absolute Gasteiger partial charge is 0.394 e. The highest BCUT2D eigenvalue weighted by atomic mass is 32.2. The summed E-state index contributed by atoms with van der Waals surface area (Å²) < 4.78 is 28.1. The Hall–Kier alpha value is -0.920. The molecule has 0 aliphatic heterocycles. The fourth-order valence-corrected chi connectivity index (χ4v) is 4.15. The van der Waals surface area contributed by atoms with Gasteiger partial charge in [0.15, 0.2) is 0 Å². The van der Waals surface area contributed by atoms with Gasteiger partial charge in [0.2, 0.25) is 10.0 Å². The highest BCUT2D eigenvalue weighted by molar-refractivity contribution is 7.89. The smallest absolute Gasteiger partial charge is 0.246 e. The molecule has 1 fully saturated rings. The third-order valence-corrected chi connectivity index (χ3v) is 5.90. The van der Waals surface area contributed by atoms with E-state index in [1.807, 2.05) is 0 Å².